The SMILES string of the molecule is C=C(C)CNC(=O)c1ccc(-c2ccccn2)[nH]c1=O. The van der Waals surface area contributed by atoms with Crippen LogP contribution in [0.2, 0.25) is 0 Å². The summed E-state index contributed by atoms with van der Waals surface area (Å²) in [7, 11) is 0. The van der Waals surface area contributed by atoms with E-state index in [0.29, 0.717) is 17.9 Å². The zero-order valence-electron chi connectivity index (χ0n) is 11.1. The first kappa shape index (κ1) is 13.7. The largest absolute Gasteiger partial charge is 0.348 e. The van der Waals surface area contributed by atoms with Crippen LogP contribution in [0, 0.1) is 0 Å². The molecule has 2 aromatic rings. The van der Waals surface area contributed by atoms with Crippen LogP contribution in [0.15, 0.2) is 53.5 Å². The molecule has 0 unspecified atom stereocenters. The Bertz CT molecular complexity index is 690. The van der Waals surface area contributed by atoms with Gasteiger partial charge in [-0.2, -0.15) is 0 Å². The van der Waals surface area contributed by atoms with Crippen molar-refractivity contribution in [1.82, 2.24) is 15.3 Å². The van der Waals surface area contributed by atoms with Gasteiger partial charge in [-0.15, -0.1) is 0 Å². The molecule has 2 heterocycles. The molecule has 0 atom stereocenters. The Morgan fingerprint density at radius 3 is 2.75 bits per heavy atom. The number of H-pyrrole nitrogens is 1. The number of carbonyl (C=O) groups is 1. The minimum absolute atomic E-state index is 0.0749. The summed E-state index contributed by atoms with van der Waals surface area (Å²) in [6.07, 6.45) is 1.64. The van der Waals surface area contributed by atoms with Gasteiger partial charge in [0.1, 0.15) is 5.56 Å². The van der Waals surface area contributed by atoms with E-state index in [2.05, 4.69) is 21.9 Å². The third-order valence-electron chi connectivity index (χ3n) is 2.65. The van der Waals surface area contributed by atoms with Crippen molar-refractivity contribution >= 4 is 5.91 Å². The van der Waals surface area contributed by atoms with Crippen LogP contribution in [0.5, 0.6) is 0 Å². The zero-order valence-corrected chi connectivity index (χ0v) is 11.1. The molecule has 0 saturated heterocycles. The highest BCUT2D eigenvalue weighted by Crippen LogP contribution is 2.11. The second kappa shape index (κ2) is 5.97. The van der Waals surface area contributed by atoms with Gasteiger partial charge in [0.15, 0.2) is 0 Å². The predicted molar refractivity (Wildman–Crippen MR) is 77.4 cm³/mol. The highest BCUT2D eigenvalue weighted by atomic mass is 16.2. The standard InChI is InChI=1S/C15H15N3O2/c1-10(2)9-17-14(19)11-6-7-13(18-15(11)20)12-5-3-4-8-16-12/h3-8H,1,9H2,2H3,(H,17,19)(H,18,20). The van der Waals surface area contributed by atoms with Crippen LogP contribution < -0.4 is 10.9 Å². The Balaban J connectivity index is 2.25. The van der Waals surface area contributed by atoms with Crippen molar-refractivity contribution < 1.29 is 4.79 Å². The molecule has 5 heteroatoms. The second-order valence-electron chi connectivity index (χ2n) is 4.47. The van der Waals surface area contributed by atoms with Gasteiger partial charge in [-0.05, 0) is 31.2 Å². The molecule has 0 saturated carbocycles. The Labute approximate surface area is 116 Å². The Hall–Kier alpha value is -2.69. The van der Waals surface area contributed by atoms with Gasteiger partial charge >= 0.3 is 0 Å². The number of nitrogens with zero attached hydrogens (tertiary/aromatic N) is 1. The number of amides is 1. The van der Waals surface area contributed by atoms with Crippen molar-refractivity contribution in [1.29, 1.82) is 0 Å². The van der Waals surface area contributed by atoms with Crippen LogP contribution in [-0.2, 0) is 0 Å². The van der Waals surface area contributed by atoms with Gasteiger partial charge in [0, 0.05) is 12.7 Å². The number of aromatic amines is 1. The van der Waals surface area contributed by atoms with Gasteiger partial charge in [-0.3, -0.25) is 14.6 Å². The van der Waals surface area contributed by atoms with Gasteiger partial charge in [0.05, 0.1) is 11.4 Å². The third-order valence-corrected chi connectivity index (χ3v) is 2.65. The maximum atomic E-state index is 11.9. The molecule has 0 fully saturated rings. The Morgan fingerprint density at radius 2 is 2.15 bits per heavy atom. The number of pyridine rings is 2. The van der Waals surface area contributed by atoms with E-state index in [4.69, 9.17) is 0 Å². The smallest absolute Gasteiger partial charge is 0.261 e. The fourth-order valence-electron chi connectivity index (χ4n) is 1.65. The molecule has 2 rings (SSSR count). The maximum Gasteiger partial charge on any atom is 0.261 e. The predicted octanol–water partition coefficient (Wildman–Crippen LogP) is 1.74. The van der Waals surface area contributed by atoms with E-state index < -0.39 is 11.5 Å². The normalized spacial score (nSPS) is 10.1. The lowest BCUT2D eigenvalue weighted by Crippen LogP contribution is -2.30. The van der Waals surface area contributed by atoms with Crippen LogP contribution in [-0.4, -0.2) is 22.4 Å². The summed E-state index contributed by atoms with van der Waals surface area (Å²) in [6.45, 7) is 5.84. The molecule has 0 bridgehead atoms. The van der Waals surface area contributed by atoms with E-state index in [1.54, 1.807) is 31.3 Å². The van der Waals surface area contributed by atoms with Crippen LogP contribution in [0.25, 0.3) is 11.4 Å². The van der Waals surface area contributed by atoms with Crippen molar-refractivity contribution in [2.75, 3.05) is 6.54 Å². The lowest BCUT2D eigenvalue weighted by molar-refractivity contribution is 0.0955. The van der Waals surface area contributed by atoms with E-state index in [1.807, 2.05) is 6.07 Å². The van der Waals surface area contributed by atoms with Crippen molar-refractivity contribution in [2.45, 2.75) is 6.92 Å². The van der Waals surface area contributed by atoms with Crippen LogP contribution in [0.4, 0.5) is 0 Å². The number of rotatable bonds is 4. The summed E-state index contributed by atoms with van der Waals surface area (Å²) in [5.74, 6) is -0.415. The number of aromatic nitrogens is 2. The monoisotopic (exact) mass is 269 g/mol. The van der Waals surface area contributed by atoms with Crippen LogP contribution in [0.3, 0.4) is 0 Å². The van der Waals surface area contributed by atoms with Gasteiger partial charge in [-0.25, -0.2) is 0 Å². The number of hydrogen-bond donors (Lipinski definition) is 2. The summed E-state index contributed by atoms with van der Waals surface area (Å²) in [4.78, 5) is 30.6. The van der Waals surface area contributed by atoms with Gasteiger partial charge in [0.2, 0.25) is 0 Å². The van der Waals surface area contributed by atoms with E-state index >= 15 is 0 Å². The maximum absolute atomic E-state index is 11.9. The van der Waals surface area contributed by atoms with Gasteiger partial charge in [0.25, 0.3) is 11.5 Å². The summed E-state index contributed by atoms with van der Waals surface area (Å²) < 4.78 is 0. The first-order valence-corrected chi connectivity index (χ1v) is 6.15. The molecule has 2 N–H and O–H groups in total. The summed E-state index contributed by atoms with van der Waals surface area (Å²) in [5.41, 5.74) is 1.68. The van der Waals surface area contributed by atoms with Gasteiger partial charge in [-0.1, -0.05) is 18.2 Å². The van der Waals surface area contributed by atoms with Crippen molar-refractivity contribution in [3.63, 3.8) is 0 Å². The molecular formula is C15H15N3O2. The Morgan fingerprint density at radius 1 is 1.35 bits per heavy atom. The van der Waals surface area contributed by atoms with E-state index in [-0.39, 0.29) is 5.56 Å². The molecule has 20 heavy (non-hydrogen) atoms. The molecule has 0 aliphatic heterocycles. The average Bonchev–Trinajstić information content (AvgIpc) is 2.45. The van der Waals surface area contributed by atoms with E-state index in [0.717, 1.165) is 5.57 Å². The molecular weight excluding hydrogens is 254 g/mol. The minimum Gasteiger partial charge on any atom is -0.348 e. The summed E-state index contributed by atoms with van der Waals surface area (Å²) in [6, 6.07) is 8.57. The first-order chi connectivity index (χ1) is 9.58. The van der Waals surface area contributed by atoms with Crippen molar-refractivity contribution in [3.05, 3.63) is 64.6 Å². The molecule has 1 amide bonds. The van der Waals surface area contributed by atoms with E-state index in [9.17, 15) is 9.59 Å². The molecule has 0 aromatic carbocycles. The zero-order chi connectivity index (χ0) is 14.5. The molecule has 5 nitrogen and oxygen atoms in total. The topological polar surface area (TPSA) is 74.8 Å². The molecule has 0 radical (unpaired) electrons. The number of carbonyl (C=O) groups excluding carboxylic acids is 1. The summed E-state index contributed by atoms with van der Waals surface area (Å²) >= 11 is 0. The first-order valence-electron chi connectivity index (χ1n) is 6.15. The minimum atomic E-state index is -0.438. The lowest BCUT2D eigenvalue weighted by Gasteiger charge is -2.05. The lowest BCUT2D eigenvalue weighted by atomic mass is 10.2. The van der Waals surface area contributed by atoms with Crippen molar-refractivity contribution in [2.24, 2.45) is 0 Å². The Kier molecular flexibility index (Phi) is 4.10. The fourth-order valence-corrected chi connectivity index (χ4v) is 1.65. The molecule has 0 aliphatic carbocycles. The molecule has 2 aromatic heterocycles. The summed E-state index contributed by atoms with van der Waals surface area (Å²) in [5, 5.41) is 2.62. The van der Waals surface area contributed by atoms with E-state index in [1.165, 1.54) is 6.07 Å². The highest BCUT2D eigenvalue weighted by molar-refractivity contribution is 5.94. The fraction of sp³-hybridized carbons (Fsp3) is 0.133. The van der Waals surface area contributed by atoms with Crippen LogP contribution >= 0.6 is 0 Å². The number of hydrogen-bond acceptors (Lipinski definition) is 3. The second-order valence-corrected chi connectivity index (χ2v) is 4.47. The quantitative estimate of drug-likeness (QED) is 0.830. The molecule has 0 aliphatic rings. The molecule has 0 spiro atoms. The van der Waals surface area contributed by atoms with Crippen LogP contribution in [0.1, 0.15) is 17.3 Å². The average molecular weight is 269 g/mol. The highest BCUT2D eigenvalue weighted by Gasteiger charge is 2.11. The van der Waals surface area contributed by atoms with Gasteiger partial charge < -0.3 is 10.3 Å². The molecule has 102 valence electrons. The number of nitrogens with one attached hydrogen (secondary N) is 2. The van der Waals surface area contributed by atoms with Crippen molar-refractivity contribution in [3.8, 4) is 11.4 Å². The third kappa shape index (κ3) is 3.20.